The number of carbonyl (C=O) groups is 1. The Morgan fingerprint density at radius 3 is 2.42 bits per heavy atom. The van der Waals surface area contributed by atoms with Crippen LogP contribution in [0.5, 0.6) is 0 Å². The molecule has 0 radical (unpaired) electrons. The Balaban J connectivity index is 3.54. The molecule has 12 heavy (non-hydrogen) atoms. The monoisotopic (exact) mass is 194 g/mol. The van der Waals surface area contributed by atoms with Gasteiger partial charge < -0.3 is 10.2 Å². The van der Waals surface area contributed by atoms with Crippen molar-refractivity contribution in [2.45, 2.75) is 44.1 Å². The minimum Gasteiger partial charge on any atom is -0.478 e. The maximum atomic E-state index is 10.3. The van der Waals surface area contributed by atoms with Crippen molar-refractivity contribution in [3.63, 3.8) is 0 Å². The fraction of sp³-hybridized carbons (Fsp3) is 0.875. The van der Waals surface area contributed by atoms with E-state index in [0.29, 0.717) is 6.42 Å². The van der Waals surface area contributed by atoms with Crippen LogP contribution < -0.4 is 0 Å². The zero-order valence-electron chi connectivity index (χ0n) is 7.22. The zero-order chi connectivity index (χ0) is 9.61. The highest BCUT2D eigenvalue weighted by molar-refractivity contribution is 6.32. The molecule has 0 aliphatic carbocycles. The Bertz CT molecular complexity index is 145. The second-order valence-corrected chi connectivity index (χ2v) is 3.50. The van der Waals surface area contributed by atoms with Crippen molar-refractivity contribution < 1.29 is 15.0 Å². The number of carboxylic acids is 1. The van der Waals surface area contributed by atoms with Crippen molar-refractivity contribution in [3.05, 3.63) is 0 Å². The van der Waals surface area contributed by atoms with E-state index in [1.165, 1.54) is 0 Å². The summed E-state index contributed by atoms with van der Waals surface area (Å²) in [6.45, 7) is 2.06. The minimum atomic E-state index is -2.06. The van der Waals surface area contributed by atoms with Crippen LogP contribution in [0.15, 0.2) is 0 Å². The van der Waals surface area contributed by atoms with E-state index >= 15 is 0 Å². The summed E-state index contributed by atoms with van der Waals surface area (Å²) in [5, 5.41) is 15.4. The molecule has 3 nitrogen and oxygen atoms in total. The Kier molecular flexibility index (Phi) is 5.25. The molecule has 0 saturated heterocycles. The minimum absolute atomic E-state index is 0.115. The first kappa shape index (κ1) is 11.7. The van der Waals surface area contributed by atoms with Gasteiger partial charge in [-0.05, 0) is 6.42 Å². The fourth-order valence-electron chi connectivity index (χ4n) is 0.893. The molecule has 0 bridgehead atoms. The summed E-state index contributed by atoms with van der Waals surface area (Å²) in [5.74, 6) is -1.36. The third-order valence-corrected chi connectivity index (χ3v) is 2.04. The molecule has 4 heteroatoms. The number of alkyl halides is 1. The quantitative estimate of drug-likeness (QED) is 0.502. The Labute approximate surface area is 77.3 Å². The molecule has 0 aromatic heterocycles. The Morgan fingerprint density at radius 1 is 1.42 bits per heavy atom. The summed E-state index contributed by atoms with van der Waals surface area (Å²) in [7, 11) is 0. The maximum absolute atomic E-state index is 10.3. The third kappa shape index (κ3) is 4.57. The summed E-state index contributed by atoms with van der Waals surface area (Å²) < 4.78 is 0. The Morgan fingerprint density at radius 2 is 2.00 bits per heavy atom. The lowest BCUT2D eigenvalue weighted by molar-refractivity contribution is -0.150. The highest BCUT2D eigenvalue weighted by Gasteiger charge is 2.31. The normalized spacial score (nSPS) is 15.6. The predicted octanol–water partition coefficient (Wildman–Crippen LogP) is 1.97. The number of aliphatic hydroxyl groups is 1. The van der Waals surface area contributed by atoms with Gasteiger partial charge in [0, 0.05) is 6.42 Å². The van der Waals surface area contributed by atoms with E-state index in [0.717, 1.165) is 19.3 Å². The van der Waals surface area contributed by atoms with Gasteiger partial charge in [0.25, 0.3) is 0 Å². The van der Waals surface area contributed by atoms with Crippen molar-refractivity contribution in [2.75, 3.05) is 0 Å². The maximum Gasteiger partial charge on any atom is 0.351 e. The number of aliphatic carboxylic acids is 1. The molecule has 0 heterocycles. The smallest absolute Gasteiger partial charge is 0.351 e. The molecular formula is C8H15ClO3. The summed E-state index contributed by atoms with van der Waals surface area (Å²) >= 11 is 5.31. The van der Waals surface area contributed by atoms with Gasteiger partial charge in [-0.25, -0.2) is 4.79 Å². The number of unbranched alkanes of at least 4 members (excludes halogenated alkanes) is 3. The average molecular weight is 195 g/mol. The largest absolute Gasteiger partial charge is 0.478 e. The molecule has 1 unspecified atom stereocenters. The lowest BCUT2D eigenvalue weighted by Gasteiger charge is -2.14. The molecule has 0 amide bonds. The summed E-state index contributed by atoms with van der Waals surface area (Å²) in [6, 6.07) is 0. The lowest BCUT2D eigenvalue weighted by Crippen LogP contribution is -2.31. The highest BCUT2D eigenvalue weighted by Crippen LogP contribution is 2.20. The molecule has 0 aromatic rings. The molecular weight excluding hydrogens is 180 g/mol. The van der Waals surface area contributed by atoms with Crippen LogP contribution in [0.1, 0.15) is 39.0 Å². The van der Waals surface area contributed by atoms with Crippen molar-refractivity contribution in [1.82, 2.24) is 0 Å². The van der Waals surface area contributed by atoms with Gasteiger partial charge in [-0.2, -0.15) is 0 Å². The summed E-state index contributed by atoms with van der Waals surface area (Å²) in [5.41, 5.74) is 0. The standard InChI is InChI=1S/C8H15ClO3/c1-2-3-4-5-6-8(9,12)7(10)11/h12H,2-6H2,1H3,(H,10,11). The highest BCUT2D eigenvalue weighted by atomic mass is 35.5. The van der Waals surface area contributed by atoms with Crippen LogP contribution in [0.25, 0.3) is 0 Å². The second-order valence-electron chi connectivity index (χ2n) is 2.88. The third-order valence-electron chi connectivity index (χ3n) is 1.69. The van der Waals surface area contributed by atoms with Gasteiger partial charge in [0.1, 0.15) is 0 Å². The molecule has 72 valence electrons. The molecule has 0 rings (SSSR count). The van der Waals surface area contributed by atoms with Crippen molar-refractivity contribution >= 4 is 17.6 Å². The first-order valence-corrected chi connectivity index (χ1v) is 4.53. The number of hydrogen-bond acceptors (Lipinski definition) is 2. The van der Waals surface area contributed by atoms with Crippen LogP contribution >= 0.6 is 11.6 Å². The van der Waals surface area contributed by atoms with E-state index in [1.54, 1.807) is 0 Å². The fourth-order valence-corrected chi connectivity index (χ4v) is 1.03. The first-order chi connectivity index (χ1) is 5.50. The van der Waals surface area contributed by atoms with E-state index in [9.17, 15) is 4.79 Å². The lowest BCUT2D eigenvalue weighted by atomic mass is 10.1. The van der Waals surface area contributed by atoms with E-state index in [-0.39, 0.29) is 6.42 Å². The van der Waals surface area contributed by atoms with Crippen LogP contribution in [0.2, 0.25) is 0 Å². The van der Waals surface area contributed by atoms with Gasteiger partial charge in [-0.1, -0.05) is 37.8 Å². The molecule has 0 aromatic carbocycles. The van der Waals surface area contributed by atoms with E-state index in [2.05, 4.69) is 6.92 Å². The molecule has 0 spiro atoms. The van der Waals surface area contributed by atoms with Crippen molar-refractivity contribution in [2.24, 2.45) is 0 Å². The first-order valence-electron chi connectivity index (χ1n) is 4.15. The van der Waals surface area contributed by atoms with E-state index in [4.69, 9.17) is 21.8 Å². The topological polar surface area (TPSA) is 57.5 Å². The van der Waals surface area contributed by atoms with E-state index < -0.39 is 11.0 Å². The molecule has 0 saturated carbocycles. The van der Waals surface area contributed by atoms with Gasteiger partial charge in [0.05, 0.1) is 0 Å². The molecule has 2 N–H and O–H groups in total. The number of rotatable bonds is 6. The van der Waals surface area contributed by atoms with Crippen LogP contribution in [0, 0.1) is 0 Å². The number of halogens is 1. The van der Waals surface area contributed by atoms with E-state index in [1.807, 2.05) is 0 Å². The van der Waals surface area contributed by atoms with Crippen LogP contribution in [-0.2, 0) is 4.79 Å². The molecule has 1 atom stereocenters. The van der Waals surface area contributed by atoms with Crippen LogP contribution in [0.4, 0.5) is 0 Å². The average Bonchev–Trinajstić information content (AvgIpc) is 1.98. The zero-order valence-corrected chi connectivity index (χ0v) is 7.97. The molecule has 0 fully saturated rings. The number of hydrogen-bond donors (Lipinski definition) is 2. The predicted molar refractivity (Wildman–Crippen MR) is 47.2 cm³/mol. The van der Waals surface area contributed by atoms with Gasteiger partial charge >= 0.3 is 5.97 Å². The van der Waals surface area contributed by atoms with Gasteiger partial charge in [0.2, 0.25) is 5.06 Å². The number of carboxylic acid groups (broad SMARTS) is 1. The van der Waals surface area contributed by atoms with Gasteiger partial charge in [-0.15, -0.1) is 0 Å². The SMILES string of the molecule is CCCCCCC(O)(Cl)C(=O)O. The van der Waals surface area contributed by atoms with Crippen LogP contribution in [-0.4, -0.2) is 21.2 Å². The summed E-state index contributed by atoms with van der Waals surface area (Å²) in [6.07, 6.45) is 3.81. The van der Waals surface area contributed by atoms with Crippen molar-refractivity contribution in [1.29, 1.82) is 0 Å². The second kappa shape index (κ2) is 5.38. The van der Waals surface area contributed by atoms with Crippen molar-refractivity contribution in [3.8, 4) is 0 Å². The van der Waals surface area contributed by atoms with Gasteiger partial charge in [-0.3, -0.25) is 0 Å². The Hall–Kier alpha value is -0.280. The molecule has 0 aliphatic heterocycles. The van der Waals surface area contributed by atoms with Gasteiger partial charge in [0.15, 0.2) is 0 Å². The molecule has 0 aliphatic rings. The summed E-state index contributed by atoms with van der Waals surface area (Å²) in [4.78, 5) is 10.3. The van der Waals surface area contributed by atoms with Crippen LogP contribution in [0.3, 0.4) is 0 Å².